The molecule has 1 amide bonds. The molecule has 2 rings (SSSR count). The minimum Gasteiger partial charge on any atom is -0.479 e. The lowest BCUT2D eigenvalue weighted by Crippen LogP contribution is -2.38. The molecule has 1 atom stereocenters. The number of amides is 1. The van der Waals surface area contributed by atoms with Gasteiger partial charge in [0.1, 0.15) is 17.0 Å². The summed E-state index contributed by atoms with van der Waals surface area (Å²) in [6.45, 7) is 12.0. The first-order valence-corrected chi connectivity index (χ1v) is 9.12. The number of benzene rings is 1. The summed E-state index contributed by atoms with van der Waals surface area (Å²) >= 11 is 0. The fourth-order valence-electron chi connectivity index (χ4n) is 2.65. The number of nitrogens with zero attached hydrogens (tertiary/aromatic N) is 2. The lowest BCUT2D eigenvalue weighted by Gasteiger charge is -2.22. The maximum Gasteiger partial charge on any atom is 0.420 e. The molecule has 1 aromatic carbocycles. The van der Waals surface area contributed by atoms with Crippen LogP contribution in [0.5, 0.6) is 0 Å². The normalized spacial score (nSPS) is 13.1. The van der Waals surface area contributed by atoms with Crippen LogP contribution in [0.15, 0.2) is 18.2 Å². The van der Waals surface area contributed by atoms with Crippen molar-refractivity contribution >= 4 is 29.2 Å². The van der Waals surface area contributed by atoms with E-state index < -0.39 is 35.4 Å². The van der Waals surface area contributed by atoms with E-state index in [1.165, 1.54) is 16.7 Å². The van der Waals surface area contributed by atoms with Crippen molar-refractivity contribution in [2.45, 2.75) is 65.7 Å². The number of imidazole rings is 1. The fraction of sp³-hybridized carbons (Fsp3) is 0.500. The molecule has 1 aromatic heterocycles. The van der Waals surface area contributed by atoms with Crippen molar-refractivity contribution in [3.05, 3.63) is 29.6 Å². The summed E-state index contributed by atoms with van der Waals surface area (Å²) in [5.74, 6) is -0.850. The SMILES string of the molecule is Cc1nc2cc(C(NC(=O)OC(C)(C)C)C(=O)O)ccc2n1C(=O)OC(C)(C)C. The van der Waals surface area contributed by atoms with E-state index in [1.54, 1.807) is 54.5 Å². The predicted molar refractivity (Wildman–Crippen MR) is 106 cm³/mol. The van der Waals surface area contributed by atoms with E-state index in [1.807, 2.05) is 0 Å². The van der Waals surface area contributed by atoms with Crippen LogP contribution >= 0.6 is 0 Å². The van der Waals surface area contributed by atoms with Gasteiger partial charge in [-0.3, -0.25) is 0 Å². The molecule has 2 aromatic rings. The molecule has 0 aliphatic rings. The summed E-state index contributed by atoms with van der Waals surface area (Å²) < 4.78 is 11.9. The van der Waals surface area contributed by atoms with Gasteiger partial charge in [-0.05, 0) is 66.2 Å². The Balaban J connectivity index is 2.38. The second kappa shape index (κ2) is 7.73. The first-order chi connectivity index (χ1) is 13.2. The Bertz CT molecular complexity index is 950. The average Bonchev–Trinajstić information content (AvgIpc) is 2.83. The predicted octanol–water partition coefficient (Wildman–Crippen LogP) is 3.78. The average molecular weight is 405 g/mol. The third-order valence-electron chi connectivity index (χ3n) is 3.66. The van der Waals surface area contributed by atoms with Gasteiger partial charge in [0.15, 0.2) is 6.04 Å². The van der Waals surface area contributed by atoms with E-state index in [4.69, 9.17) is 9.47 Å². The lowest BCUT2D eigenvalue weighted by molar-refractivity contribution is -0.139. The largest absolute Gasteiger partial charge is 0.479 e. The molecule has 158 valence electrons. The second-order valence-corrected chi connectivity index (χ2v) is 8.64. The molecule has 0 aliphatic heterocycles. The molecule has 0 saturated heterocycles. The summed E-state index contributed by atoms with van der Waals surface area (Å²) in [7, 11) is 0. The highest BCUT2D eigenvalue weighted by atomic mass is 16.6. The number of ether oxygens (including phenoxy) is 2. The Morgan fingerprint density at radius 2 is 1.66 bits per heavy atom. The molecule has 0 spiro atoms. The van der Waals surface area contributed by atoms with E-state index in [0.717, 1.165) is 0 Å². The number of hydrogen-bond acceptors (Lipinski definition) is 6. The second-order valence-electron chi connectivity index (χ2n) is 8.64. The zero-order chi connectivity index (χ0) is 22.1. The Labute approximate surface area is 169 Å². The zero-order valence-corrected chi connectivity index (χ0v) is 17.7. The quantitative estimate of drug-likeness (QED) is 0.797. The van der Waals surface area contributed by atoms with Crippen LogP contribution in [0, 0.1) is 6.92 Å². The monoisotopic (exact) mass is 405 g/mol. The molecule has 0 radical (unpaired) electrons. The molecule has 2 N–H and O–H groups in total. The molecule has 0 saturated carbocycles. The smallest absolute Gasteiger partial charge is 0.420 e. The van der Waals surface area contributed by atoms with Crippen LogP contribution in [0.1, 0.15) is 59.0 Å². The number of rotatable bonds is 3. The van der Waals surface area contributed by atoms with Crippen LogP contribution in [-0.2, 0) is 14.3 Å². The summed E-state index contributed by atoms with van der Waals surface area (Å²) in [5, 5.41) is 11.9. The molecular weight excluding hydrogens is 378 g/mol. The number of aliphatic carboxylic acids is 1. The van der Waals surface area contributed by atoms with E-state index in [-0.39, 0.29) is 0 Å². The van der Waals surface area contributed by atoms with Crippen molar-refractivity contribution in [1.29, 1.82) is 0 Å². The fourth-order valence-corrected chi connectivity index (χ4v) is 2.65. The number of hydrogen-bond donors (Lipinski definition) is 2. The zero-order valence-electron chi connectivity index (χ0n) is 17.7. The van der Waals surface area contributed by atoms with Crippen molar-refractivity contribution in [3.8, 4) is 0 Å². The number of carbonyl (C=O) groups is 3. The topological polar surface area (TPSA) is 120 Å². The van der Waals surface area contributed by atoms with Crippen LogP contribution in [0.2, 0.25) is 0 Å². The van der Waals surface area contributed by atoms with Crippen molar-refractivity contribution in [3.63, 3.8) is 0 Å². The summed E-state index contributed by atoms with van der Waals surface area (Å²) in [4.78, 5) is 40.5. The van der Waals surface area contributed by atoms with Gasteiger partial charge in [0.25, 0.3) is 0 Å². The molecule has 9 heteroatoms. The minimum atomic E-state index is -1.33. The number of fused-ring (bicyclic) bond motifs is 1. The van der Waals surface area contributed by atoms with E-state index in [2.05, 4.69) is 10.3 Å². The molecule has 1 unspecified atom stereocenters. The number of carbonyl (C=O) groups excluding carboxylic acids is 2. The Morgan fingerprint density at radius 1 is 1.07 bits per heavy atom. The van der Waals surface area contributed by atoms with Gasteiger partial charge >= 0.3 is 18.2 Å². The number of carboxylic acids is 1. The first kappa shape index (κ1) is 22.2. The van der Waals surface area contributed by atoms with Gasteiger partial charge in [-0.25, -0.2) is 23.9 Å². The summed E-state index contributed by atoms with van der Waals surface area (Å²) in [5.41, 5.74) is -0.263. The minimum absolute atomic E-state index is 0.296. The number of nitrogens with one attached hydrogen (secondary N) is 1. The highest BCUT2D eigenvalue weighted by Crippen LogP contribution is 2.23. The van der Waals surface area contributed by atoms with Crippen molar-refractivity contribution in [2.24, 2.45) is 0 Å². The van der Waals surface area contributed by atoms with Gasteiger partial charge in [-0.2, -0.15) is 0 Å². The van der Waals surface area contributed by atoms with Crippen LogP contribution in [0.4, 0.5) is 9.59 Å². The van der Waals surface area contributed by atoms with Crippen LogP contribution in [-0.4, -0.2) is 44.0 Å². The number of carboxylic acid groups (broad SMARTS) is 1. The highest BCUT2D eigenvalue weighted by molar-refractivity contribution is 5.89. The van der Waals surface area contributed by atoms with Crippen molar-refractivity contribution in [1.82, 2.24) is 14.9 Å². The molecule has 0 aliphatic carbocycles. The molecule has 0 bridgehead atoms. The van der Waals surface area contributed by atoms with Crippen LogP contribution in [0.25, 0.3) is 11.0 Å². The van der Waals surface area contributed by atoms with Gasteiger partial charge in [0.05, 0.1) is 11.0 Å². The Hall–Kier alpha value is -3.10. The molecule has 0 fully saturated rings. The van der Waals surface area contributed by atoms with Gasteiger partial charge in [0.2, 0.25) is 0 Å². The third kappa shape index (κ3) is 5.69. The molecule has 1 heterocycles. The third-order valence-corrected chi connectivity index (χ3v) is 3.66. The van der Waals surface area contributed by atoms with Crippen molar-refractivity contribution in [2.75, 3.05) is 0 Å². The standard InChI is InChI=1S/C20H27N3O6/c1-11-21-13-10-12(15(16(24)25)22-17(26)28-19(2,3)4)8-9-14(13)23(11)18(27)29-20(5,6)7/h8-10,15H,1-7H3,(H,22,26)(H,24,25). The van der Waals surface area contributed by atoms with Crippen molar-refractivity contribution < 1.29 is 29.0 Å². The molecule has 29 heavy (non-hydrogen) atoms. The van der Waals surface area contributed by atoms with Crippen LogP contribution in [0.3, 0.4) is 0 Å². The highest BCUT2D eigenvalue weighted by Gasteiger charge is 2.27. The number of aromatic nitrogens is 2. The maximum atomic E-state index is 12.5. The van der Waals surface area contributed by atoms with Gasteiger partial charge in [-0.1, -0.05) is 6.07 Å². The summed E-state index contributed by atoms with van der Waals surface area (Å²) in [6, 6.07) is 3.27. The Morgan fingerprint density at radius 3 is 2.17 bits per heavy atom. The lowest BCUT2D eigenvalue weighted by atomic mass is 10.1. The van der Waals surface area contributed by atoms with Gasteiger partial charge < -0.3 is 19.9 Å². The van der Waals surface area contributed by atoms with Gasteiger partial charge in [-0.15, -0.1) is 0 Å². The van der Waals surface area contributed by atoms with Gasteiger partial charge in [0, 0.05) is 0 Å². The maximum absolute atomic E-state index is 12.5. The Kier molecular flexibility index (Phi) is 5.91. The van der Waals surface area contributed by atoms with E-state index >= 15 is 0 Å². The summed E-state index contributed by atoms with van der Waals surface area (Å²) in [6.07, 6.45) is -1.42. The molecule has 9 nitrogen and oxygen atoms in total. The van der Waals surface area contributed by atoms with Crippen LogP contribution < -0.4 is 5.32 Å². The first-order valence-electron chi connectivity index (χ1n) is 9.12. The number of alkyl carbamates (subject to hydrolysis) is 1. The molecular formula is C20H27N3O6. The van der Waals surface area contributed by atoms with E-state index in [9.17, 15) is 19.5 Å². The van der Waals surface area contributed by atoms with E-state index in [0.29, 0.717) is 22.4 Å². The number of aryl methyl sites for hydroxylation is 1.